The molecule has 0 radical (unpaired) electrons. The minimum atomic E-state index is -0.120. The molecule has 0 amide bonds. The smallest absolute Gasteiger partial charge is 0.231 e. The molecule has 0 aliphatic carbocycles. The van der Waals surface area contributed by atoms with Gasteiger partial charge in [-0.15, -0.1) is 0 Å². The summed E-state index contributed by atoms with van der Waals surface area (Å²) in [7, 11) is 0. The second kappa shape index (κ2) is 11.0. The van der Waals surface area contributed by atoms with Crippen LogP contribution in [0.4, 0.5) is 0 Å². The SMILES string of the molecule is CC(C)(C)c1cc(-c2cccc(-c3cc(-c4ccncc4)cc4c(C(C)(C)C)ccnc34)c2)c2nc(-c3ccccc3O)oc2c1. The Hall–Kier alpha value is -5.29. The molecular weight excluding hydrogens is 566 g/mol. The molecule has 4 aromatic carbocycles. The lowest BCUT2D eigenvalue weighted by atomic mass is 9.82. The molecule has 5 heteroatoms. The molecule has 228 valence electrons. The highest BCUT2D eigenvalue weighted by Crippen LogP contribution is 2.41. The van der Waals surface area contributed by atoms with E-state index >= 15 is 0 Å². The Morgan fingerprint density at radius 3 is 2.00 bits per heavy atom. The van der Waals surface area contributed by atoms with Crippen molar-refractivity contribution < 1.29 is 9.52 Å². The number of pyridine rings is 2. The first-order valence-corrected chi connectivity index (χ1v) is 15.7. The summed E-state index contributed by atoms with van der Waals surface area (Å²) in [6.45, 7) is 13.3. The zero-order chi connectivity index (χ0) is 32.2. The van der Waals surface area contributed by atoms with E-state index in [-0.39, 0.29) is 16.6 Å². The summed E-state index contributed by atoms with van der Waals surface area (Å²) >= 11 is 0. The number of nitrogens with zero attached hydrogens (tertiary/aromatic N) is 3. The lowest BCUT2D eigenvalue weighted by molar-refractivity contribution is 0.474. The molecule has 0 bridgehead atoms. The molecule has 0 fully saturated rings. The Morgan fingerprint density at radius 1 is 0.587 bits per heavy atom. The number of phenolic OH excluding ortho intramolecular Hbond substituents is 1. The maximum Gasteiger partial charge on any atom is 0.231 e. The van der Waals surface area contributed by atoms with Gasteiger partial charge in [0.05, 0.1) is 11.1 Å². The summed E-state index contributed by atoms with van der Waals surface area (Å²) in [5.41, 5.74) is 11.6. The van der Waals surface area contributed by atoms with E-state index in [0.717, 1.165) is 55.4 Å². The second-order valence-corrected chi connectivity index (χ2v) is 14.0. The third kappa shape index (κ3) is 5.32. The van der Waals surface area contributed by atoms with Crippen molar-refractivity contribution in [3.8, 4) is 50.6 Å². The molecule has 0 atom stereocenters. The van der Waals surface area contributed by atoms with Crippen LogP contribution in [0.25, 0.3) is 66.8 Å². The van der Waals surface area contributed by atoms with Gasteiger partial charge in [0, 0.05) is 35.1 Å². The van der Waals surface area contributed by atoms with E-state index in [1.165, 1.54) is 5.56 Å². The van der Waals surface area contributed by atoms with E-state index in [9.17, 15) is 5.11 Å². The number of hydrogen-bond acceptors (Lipinski definition) is 5. The molecular formula is C41H37N3O2. The number of oxazole rings is 1. The van der Waals surface area contributed by atoms with Gasteiger partial charge in [0.1, 0.15) is 11.3 Å². The Morgan fingerprint density at radius 2 is 1.30 bits per heavy atom. The van der Waals surface area contributed by atoms with Crippen LogP contribution in [0.15, 0.2) is 114 Å². The highest BCUT2D eigenvalue weighted by Gasteiger charge is 2.23. The molecule has 3 aromatic heterocycles. The molecule has 0 spiro atoms. The molecule has 0 aliphatic heterocycles. The van der Waals surface area contributed by atoms with E-state index in [2.05, 4.69) is 113 Å². The fourth-order valence-corrected chi connectivity index (χ4v) is 6.15. The van der Waals surface area contributed by atoms with Crippen LogP contribution in [0.1, 0.15) is 52.7 Å². The van der Waals surface area contributed by atoms with E-state index in [1.54, 1.807) is 12.1 Å². The summed E-state index contributed by atoms with van der Waals surface area (Å²) in [4.78, 5) is 14.1. The fraction of sp³-hybridized carbons (Fsp3) is 0.195. The first-order valence-electron chi connectivity index (χ1n) is 15.7. The van der Waals surface area contributed by atoms with Crippen LogP contribution in [0.3, 0.4) is 0 Å². The standard InChI is InChI=1S/C41H37N3O2/c1-40(2,3)29-23-32(38-36(24-29)46-39(44-38)30-12-7-8-13-35(30)45)27-11-9-10-26(20-27)31-21-28(25-14-17-42-18-15-25)22-33-34(41(4,5)6)16-19-43-37(31)33/h7-24,45H,1-6H3. The van der Waals surface area contributed by atoms with Crippen LogP contribution in [0.2, 0.25) is 0 Å². The van der Waals surface area contributed by atoms with Gasteiger partial charge in [-0.2, -0.15) is 0 Å². The van der Waals surface area contributed by atoms with E-state index in [1.807, 2.05) is 30.7 Å². The third-order valence-electron chi connectivity index (χ3n) is 8.65. The van der Waals surface area contributed by atoms with E-state index in [4.69, 9.17) is 14.4 Å². The monoisotopic (exact) mass is 603 g/mol. The van der Waals surface area contributed by atoms with Crippen LogP contribution < -0.4 is 0 Å². The Balaban J connectivity index is 1.47. The molecule has 3 heterocycles. The lowest BCUT2D eigenvalue weighted by Crippen LogP contribution is -2.12. The maximum absolute atomic E-state index is 10.6. The molecule has 1 N–H and O–H groups in total. The number of fused-ring (bicyclic) bond motifs is 2. The first-order chi connectivity index (χ1) is 22.0. The Bertz CT molecular complexity index is 2240. The summed E-state index contributed by atoms with van der Waals surface area (Å²) in [6.07, 6.45) is 5.60. The fourth-order valence-electron chi connectivity index (χ4n) is 6.15. The number of rotatable bonds is 4. The topological polar surface area (TPSA) is 72.0 Å². The van der Waals surface area contributed by atoms with Gasteiger partial charge >= 0.3 is 0 Å². The highest BCUT2D eigenvalue weighted by molar-refractivity contribution is 6.01. The van der Waals surface area contributed by atoms with Crippen molar-refractivity contribution in [1.29, 1.82) is 0 Å². The molecule has 0 aliphatic rings. The summed E-state index contributed by atoms with van der Waals surface area (Å²) < 4.78 is 6.33. The number of para-hydroxylation sites is 1. The predicted molar refractivity (Wildman–Crippen MR) is 188 cm³/mol. The van der Waals surface area contributed by atoms with Crippen molar-refractivity contribution in [3.05, 3.63) is 121 Å². The quantitative estimate of drug-likeness (QED) is 0.217. The number of aromatic hydroxyl groups is 1. The van der Waals surface area contributed by atoms with Crippen LogP contribution in [-0.2, 0) is 10.8 Å². The largest absolute Gasteiger partial charge is 0.507 e. The van der Waals surface area contributed by atoms with Crippen LogP contribution in [0, 0.1) is 0 Å². The number of phenols is 1. The van der Waals surface area contributed by atoms with Crippen molar-refractivity contribution in [2.24, 2.45) is 0 Å². The van der Waals surface area contributed by atoms with Crippen molar-refractivity contribution >= 4 is 22.0 Å². The van der Waals surface area contributed by atoms with Crippen molar-refractivity contribution in [3.63, 3.8) is 0 Å². The zero-order valence-electron chi connectivity index (χ0n) is 27.1. The normalized spacial score (nSPS) is 12.2. The minimum Gasteiger partial charge on any atom is -0.507 e. The summed E-state index contributed by atoms with van der Waals surface area (Å²) in [6, 6.07) is 30.8. The molecule has 0 unspecified atom stereocenters. The number of hydrogen-bond donors (Lipinski definition) is 1. The molecule has 0 saturated carbocycles. The van der Waals surface area contributed by atoms with E-state index in [0.29, 0.717) is 17.0 Å². The van der Waals surface area contributed by atoms with Gasteiger partial charge < -0.3 is 9.52 Å². The summed E-state index contributed by atoms with van der Waals surface area (Å²) in [5.74, 6) is 0.531. The van der Waals surface area contributed by atoms with Crippen LogP contribution in [0.5, 0.6) is 5.75 Å². The zero-order valence-corrected chi connectivity index (χ0v) is 27.1. The van der Waals surface area contributed by atoms with Crippen LogP contribution >= 0.6 is 0 Å². The minimum absolute atomic E-state index is 0.0615. The maximum atomic E-state index is 10.6. The average molecular weight is 604 g/mol. The van der Waals surface area contributed by atoms with Gasteiger partial charge in [0.2, 0.25) is 5.89 Å². The predicted octanol–water partition coefficient (Wildman–Crippen LogP) is 10.7. The van der Waals surface area contributed by atoms with Gasteiger partial charge in [0.25, 0.3) is 0 Å². The van der Waals surface area contributed by atoms with Crippen molar-refractivity contribution in [2.75, 3.05) is 0 Å². The van der Waals surface area contributed by atoms with Crippen molar-refractivity contribution in [1.82, 2.24) is 15.0 Å². The third-order valence-corrected chi connectivity index (χ3v) is 8.65. The van der Waals surface area contributed by atoms with E-state index < -0.39 is 0 Å². The molecule has 5 nitrogen and oxygen atoms in total. The van der Waals surface area contributed by atoms with Crippen molar-refractivity contribution in [2.45, 2.75) is 52.4 Å². The molecule has 0 saturated heterocycles. The van der Waals surface area contributed by atoms with Gasteiger partial charge in [-0.05, 0) is 105 Å². The van der Waals surface area contributed by atoms with Gasteiger partial charge in [-0.25, -0.2) is 4.98 Å². The van der Waals surface area contributed by atoms with Gasteiger partial charge in [0.15, 0.2) is 5.58 Å². The van der Waals surface area contributed by atoms with Gasteiger partial charge in [-0.1, -0.05) is 71.9 Å². The second-order valence-electron chi connectivity index (χ2n) is 14.0. The average Bonchev–Trinajstić information content (AvgIpc) is 3.47. The number of benzene rings is 4. The first kappa shape index (κ1) is 29.4. The number of aromatic nitrogens is 3. The Kier molecular flexibility index (Phi) is 7.01. The Labute approximate surface area is 269 Å². The van der Waals surface area contributed by atoms with Gasteiger partial charge in [-0.3, -0.25) is 9.97 Å². The molecule has 46 heavy (non-hydrogen) atoms. The molecule has 7 aromatic rings. The van der Waals surface area contributed by atoms with Crippen LogP contribution in [-0.4, -0.2) is 20.1 Å². The lowest BCUT2D eigenvalue weighted by Gasteiger charge is -2.23. The highest BCUT2D eigenvalue weighted by atomic mass is 16.3. The molecule has 7 rings (SSSR count). The summed E-state index contributed by atoms with van der Waals surface area (Å²) in [5, 5.41) is 11.7.